The molecule has 1 aromatic heterocycles. The van der Waals surface area contributed by atoms with E-state index in [9.17, 15) is 9.90 Å². The Morgan fingerprint density at radius 1 is 1.15 bits per heavy atom. The lowest BCUT2D eigenvalue weighted by Gasteiger charge is -2.06. The molecule has 8 heteroatoms. The maximum atomic E-state index is 12.0. The highest BCUT2D eigenvalue weighted by Gasteiger charge is 2.12. The Kier molecular flexibility index (Phi) is 4.70. The van der Waals surface area contributed by atoms with E-state index in [-0.39, 0.29) is 11.7 Å². The van der Waals surface area contributed by atoms with E-state index in [2.05, 4.69) is 15.3 Å². The van der Waals surface area contributed by atoms with E-state index in [0.29, 0.717) is 36.7 Å². The summed E-state index contributed by atoms with van der Waals surface area (Å²) in [5, 5.41) is 15.9. The Morgan fingerprint density at radius 3 is 2.70 bits per heavy atom. The molecule has 2 N–H and O–H groups in total. The molecule has 2 heterocycles. The van der Waals surface area contributed by atoms with E-state index < -0.39 is 0 Å². The second kappa shape index (κ2) is 7.15. The van der Waals surface area contributed by atoms with E-state index in [0.717, 1.165) is 5.22 Å². The molecule has 5 nitrogen and oxygen atoms in total. The highest BCUT2D eigenvalue weighted by atomic mass is 35.5. The van der Waals surface area contributed by atoms with Crippen LogP contribution in [0.5, 0.6) is 5.88 Å². The van der Waals surface area contributed by atoms with Gasteiger partial charge in [0.25, 0.3) is 0 Å². The molecule has 134 valence electrons. The molecule has 27 heavy (non-hydrogen) atoms. The van der Waals surface area contributed by atoms with Crippen LogP contribution in [0.4, 0.5) is 10.8 Å². The Morgan fingerprint density at radius 2 is 1.93 bits per heavy atom. The van der Waals surface area contributed by atoms with E-state index >= 15 is 0 Å². The van der Waals surface area contributed by atoms with Crippen molar-refractivity contribution in [2.75, 3.05) is 5.32 Å². The summed E-state index contributed by atoms with van der Waals surface area (Å²) in [6.45, 7) is 0. The number of carbonyl (C=O) groups excluding carboxylic acids is 1. The largest absolute Gasteiger partial charge is 0.492 e. The number of para-hydroxylation sites is 1. The molecule has 0 atom stereocenters. The number of carbonyl (C=O) groups is 1. The van der Waals surface area contributed by atoms with Crippen molar-refractivity contribution in [2.24, 2.45) is 4.99 Å². The molecule has 1 aliphatic heterocycles. The van der Waals surface area contributed by atoms with Gasteiger partial charge in [-0.05, 0) is 35.6 Å². The Labute approximate surface area is 167 Å². The van der Waals surface area contributed by atoms with Crippen LogP contribution >= 0.6 is 34.5 Å². The number of thiazole rings is 1. The molecular formula is C19H11Cl2N3O2S. The summed E-state index contributed by atoms with van der Waals surface area (Å²) < 4.78 is 0. The summed E-state index contributed by atoms with van der Waals surface area (Å²) in [4.78, 5) is 20.8. The van der Waals surface area contributed by atoms with Gasteiger partial charge in [-0.2, -0.15) is 4.98 Å². The van der Waals surface area contributed by atoms with Crippen molar-refractivity contribution in [3.05, 3.63) is 79.7 Å². The summed E-state index contributed by atoms with van der Waals surface area (Å²) in [5.74, 6) is -0.223. The van der Waals surface area contributed by atoms with Crippen LogP contribution in [0.2, 0.25) is 10.0 Å². The normalized spacial score (nSPS) is 13.4. The smallest absolute Gasteiger partial charge is 0.231 e. The molecule has 0 saturated carbocycles. The van der Waals surface area contributed by atoms with Crippen molar-refractivity contribution in [1.29, 1.82) is 0 Å². The van der Waals surface area contributed by atoms with Crippen molar-refractivity contribution in [1.82, 2.24) is 4.98 Å². The lowest BCUT2D eigenvalue weighted by atomic mass is 10.1. The minimum Gasteiger partial charge on any atom is -0.492 e. The van der Waals surface area contributed by atoms with Gasteiger partial charge in [-0.25, -0.2) is 0 Å². The molecule has 0 amide bonds. The Hall–Kier alpha value is -2.67. The minimum atomic E-state index is -0.126. The summed E-state index contributed by atoms with van der Waals surface area (Å²) in [6, 6.07) is 10.5. The first-order valence-corrected chi connectivity index (χ1v) is 9.40. The van der Waals surface area contributed by atoms with E-state index in [1.165, 1.54) is 23.6 Å². The lowest BCUT2D eigenvalue weighted by Crippen LogP contribution is -2.20. The van der Waals surface area contributed by atoms with Gasteiger partial charge in [-0.1, -0.05) is 46.7 Å². The van der Waals surface area contributed by atoms with Crippen LogP contribution in [0.3, 0.4) is 0 Å². The number of nitrogens with zero attached hydrogens (tertiary/aromatic N) is 2. The number of hydrogen-bond donors (Lipinski definition) is 2. The number of hydrogen-bond acceptors (Lipinski definition) is 6. The van der Waals surface area contributed by atoms with Gasteiger partial charge < -0.3 is 10.4 Å². The standard InChI is InChI=1S/C19H11Cl2N3O2S/c20-12-2-1-3-13(21)17(12)23-19-24-18(26)16(27-19)9-10-4-5-14-11(8-10)15(25)6-7-22-14/h1-9,26H,(H,23,24)/b10-9+. The van der Waals surface area contributed by atoms with E-state index in [1.807, 2.05) is 6.07 Å². The maximum Gasteiger partial charge on any atom is 0.231 e. The molecule has 0 bridgehead atoms. The van der Waals surface area contributed by atoms with Gasteiger partial charge in [-0.3, -0.25) is 9.79 Å². The van der Waals surface area contributed by atoms with Crippen molar-refractivity contribution in [3.8, 4) is 5.88 Å². The van der Waals surface area contributed by atoms with E-state index in [4.69, 9.17) is 23.2 Å². The first-order valence-electron chi connectivity index (χ1n) is 7.82. The maximum absolute atomic E-state index is 12.0. The van der Waals surface area contributed by atoms with Gasteiger partial charge >= 0.3 is 0 Å². The lowest BCUT2D eigenvalue weighted by molar-refractivity contribution is 0.104. The molecule has 0 saturated heterocycles. The third-order valence-electron chi connectivity index (χ3n) is 3.85. The van der Waals surface area contributed by atoms with Crippen LogP contribution in [0.1, 0.15) is 15.2 Å². The zero-order valence-electron chi connectivity index (χ0n) is 13.6. The zero-order chi connectivity index (χ0) is 19.0. The minimum absolute atomic E-state index is 0.0977. The van der Waals surface area contributed by atoms with Crippen LogP contribution in [0.15, 0.2) is 53.7 Å². The summed E-state index contributed by atoms with van der Waals surface area (Å²) in [6.07, 6.45) is 4.66. The van der Waals surface area contributed by atoms with Crippen LogP contribution in [-0.4, -0.2) is 15.9 Å². The molecule has 0 radical (unpaired) electrons. The average Bonchev–Trinajstić information content (AvgIpc) is 2.98. The highest BCUT2D eigenvalue weighted by molar-refractivity contribution is 7.16. The molecule has 0 fully saturated rings. The van der Waals surface area contributed by atoms with Crippen molar-refractivity contribution >= 4 is 57.2 Å². The van der Waals surface area contributed by atoms with Crippen LogP contribution in [0.25, 0.3) is 6.08 Å². The third-order valence-corrected chi connectivity index (χ3v) is 5.39. The second-order valence-electron chi connectivity index (χ2n) is 5.66. The fourth-order valence-corrected chi connectivity index (χ4v) is 3.89. The Balaban J connectivity index is 1.70. The molecule has 0 aliphatic carbocycles. The molecule has 0 unspecified atom stereocenters. The number of anilines is 2. The number of fused-ring (bicyclic) bond motifs is 1. The molecule has 2 aromatic carbocycles. The van der Waals surface area contributed by atoms with Crippen LogP contribution in [0, 0.1) is 0 Å². The molecule has 4 rings (SSSR count). The fourth-order valence-electron chi connectivity index (χ4n) is 2.58. The zero-order valence-corrected chi connectivity index (χ0v) is 15.9. The number of nitrogens with one attached hydrogen (secondary N) is 1. The SMILES string of the molecule is O=C1C=CN=c2cc/c(=C\c3sc(Nc4c(Cl)cccc4Cl)nc3O)cc21. The predicted octanol–water partition coefficient (Wildman–Crippen LogP) is 4.06. The molecule has 1 aliphatic rings. The number of allylic oxidation sites excluding steroid dienone is 1. The summed E-state index contributed by atoms with van der Waals surface area (Å²) in [5.41, 5.74) is 1.05. The number of aromatic nitrogens is 1. The van der Waals surface area contributed by atoms with Crippen molar-refractivity contribution < 1.29 is 9.90 Å². The Bertz CT molecular complexity index is 1200. The highest BCUT2D eigenvalue weighted by Crippen LogP contribution is 2.36. The number of benzene rings is 2. The van der Waals surface area contributed by atoms with Gasteiger partial charge in [0.05, 0.1) is 26.0 Å². The summed E-state index contributed by atoms with van der Waals surface area (Å²) >= 11 is 13.5. The van der Waals surface area contributed by atoms with Crippen molar-refractivity contribution in [3.63, 3.8) is 0 Å². The monoisotopic (exact) mass is 415 g/mol. The van der Waals surface area contributed by atoms with Crippen LogP contribution in [-0.2, 0) is 0 Å². The first-order chi connectivity index (χ1) is 13.0. The molecular weight excluding hydrogens is 405 g/mol. The topological polar surface area (TPSA) is 74.6 Å². The average molecular weight is 416 g/mol. The van der Waals surface area contributed by atoms with Gasteiger partial charge in [0.15, 0.2) is 10.9 Å². The number of ketones is 1. The summed E-state index contributed by atoms with van der Waals surface area (Å²) in [7, 11) is 0. The van der Waals surface area contributed by atoms with E-state index in [1.54, 1.807) is 36.4 Å². The number of halogens is 2. The first kappa shape index (κ1) is 17.7. The third kappa shape index (κ3) is 3.60. The van der Waals surface area contributed by atoms with Crippen molar-refractivity contribution in [2.45, 2.75) is 0 Å². The van der Waals surface area contributed by atoms with Gasteiger partial charge in [0, 0.05) is 17.8 Å². The molecule has 3 aromatic rings. The second-order valence-corrected chi connectivity index (χ2v) is 7.50. The fraction of sp³-hybridized carbons (Fsp3) is 0. The van der Waals surface area contributed by atoms with Gasteiger partial charge in [0.2, 0.25) is 5.88 Å². The quantitative estimate of drug-likeness (QED) is 0.676. The molecule has 0 spiro atoms. The predicted molar refractivity (Wildman–Crippen MR) is 108 cm³/mol. The number of aromatic hydroxyl groups is 1. The van der Waals surface area contributed by atoms with Gasteiger partial charge in [-0.15, -0.1) is 0 Å². The number of rotatable bonds is 3. The van der Waals surface area contributed by atoms with Crippen LogP contribution < -0.4 is 15.9 Å². The van der Waals surface area contributed by atoms with Gasteiger partial charge in [0.1, 0.15) is 0 Å².